The number of ether oxygens (including phenoxy) is 1. The van der Waals surface area contributed by atoms with Crippen LogP contribution in [0, 0.1) is 0 Å². The minimum absolute atomic E-state index is 0.0708. The number of carbonyl (C=O) groups is 1. The van der Waals surface area contributed by atoms with E-state index >= 15 is 0 Å². The van der Waals surface area contributed by atoms with E-state index in [0.717, 1.165) is 4.57 Å². The molecule has 0 saturated heterocycles. The van der Waals surface area contributed by atoms with E-state index in [1.807, 2.05) is 0 Å². The predicted molar refractivity (Wildman–Crippen MR) is 117 cm³/mol. The number of hydrazone groups is 1. The van der Waals surface area contributed by atoms with Crippen LogP contribution in [0.15, 0.2) is 63.2 Å². The Morgan fingerprint density at radius 2 is 1.87 bits per heavy atom. The zero-order valence-electron chi connectivity index (χ0n) is 16.7. The largest absolute Gasteiger partial charge is 0.497 e. The molecule has 0 atom stereocenters. The van der Waals surface area contributed by atoms with Gasteiger partial charge in [0.25, 0.3) is 11.5 Å². The number of aromatic hydroxyl groups is 1. The van der Waals surface area contributed by atoms with E-state index in [1.165, 1.54) is 13.2 Å². The molecule has 0 radical (unpaired) electrons. The summed E-state index contributed by atoms with van der Waals surface area (Å²) in [5, 5.41) is 15.0. The number of rotatable bonds is 6. The second-order valence-electron chi connectivity index (χ2n) is 6.32. The summed E-state index contributed by atoms with van der Waals surface area (Å²) in [6, 6.07) is 12.7. The van der Waals surface area contributed by atoms with Crippen LogP contribution in [0.2, 0.25) is 5.02 Å². The van der Waals surface area contributed by atoms with Crippen LogP contribution in [-0.2, 0) is 0 Å². The number of aromatic amines is 1. The minimum atomic E-state index is -0.833. The van der Waals surface area contributed by atoms with Gasteiger partial charge < -0.3 is 9.84 Å². The van der Waals surface area contributed by atoms with Crippen molar-refractivity contribution in [2.24, 2.45) is 5.10 Å². The topological polar surface area (TPSA) is 126 Å². The zero-order chi connectivity index (χ0) is 22.5. The van der Waals surface area contributed by atoms with Crippen LogP contribution < -0.4 is 21.4 Å². The highest BCUT2D eigenvalue weighted by atomic mass is 35.5. The number of carbonyl (C=O) groups excluding carboxylic acids is 1. The number of halogens is 1. The van der Waals surface area contributed by atoms with Gasteiger partial charge in [-0.3, -0.25) is 14.6 Å². The van der Waals surface area contributed by atoms with Gasteiger partial charge in [-0.1, -0.05) is 30.7 Å². The van der Waals surface area contributed by atoms with E-state index in [9.17, 15) is 19.5 Å². The molecule has 31 heavy (non-hydrogen) atoms. The van der Waals surface area contributed by atoms with Crippen molar-refractivity contribution in [3.8, 4) is 17.3 Å². The molecule has 0 fully saturated rings. The number of benzene rings is 2. The standard InChI is InChI=1S/C21H19ClN4O5/c1-3-16(24-25-18(27)14-6-4-5-7-15(14)22)17-19(28)23-21(30)26(20(17)29)12-8-10-13(31-2)11-9-12/h4-11,29H,3H2,1-2H3,(H,25,27)(H,23,28,30). The summed E-state index contributed by atoms with van der Waals surface area (Å²) in [5.41, 5.74) is 1.00. The lowest BCUT2D eigenvalue weighted by Crippen LogP contribution is -2.34. The fourth-order valence-corrected chi connectivity index (χ4v) is 3.11. The number of hydrogen-bond acceptors (Lipinski definition) is 6. The van der Waals surface area contributed by atoms with Crippen molar-refractivity contribution in [1.82, 2.24) is 15.0 Å². The molecule has 3 N–H and O–H groups in total. The summed E-state index contributed by atoms with van der Waals surface area (Å²) in [6.07, 6.45) is 0.181. The third kappa shape index (κ3) is 4.51. The molecule has 0 aliphatic carbocycles. The van der Waals surface area contributed by atoms with Gasteiger partial charge >= 0.3 is 5.69 Å². The Morgan fingerprint density at radius 3 is 2.48 bits per heavy atom. The third-order valence-electron chi connectivity index (χ3n) is 4.45. The van der Waals surface area contributed by atoms with Gasteiger partial charge in [0, 0.05) is 0 Å². The van der Waals surface area contributed by atoms with E-state index < -0.39 is 23.0 Å². The van der Waals surface area contributed by atoms with Crippen molar-refractivity contribution in [2.45, 2.75) is 13.3 Å². The smallest absolute Gasteiger partial charge is 0.335 e. The minimum Gasteiger partial charge on any atom is -0.497 e. The molecule has 3 rings (SSSR count). The Morgan fingerprint density at radius 1 is 1.19 bits per heavy atom. The molecule has 0 aliphatic heterocycles. The van der Waals surface area contributed by atoms with E-state index in [2.05, 4.69) is 15.5 Å². The van der Waals surface area contributed by atoms with Gasteiger partial charge in [0.05, 0.1) is 29.1 Å². The predicted octanol–water partition coefficient (Wildman–Crippen LogP) is 2.44. The van der Waals surface area contributed by atoms with Crippen LogP contribution in [0.25, 0.3) is 5.69 Å². The molecule has 1 amide bonds. The maximum Gasteiger partial charge on any atom is 0.335 e. The van der Waals surface area contributed by atoms with E-state index in [0.29, 0.717) is 11.4 Å². The first kappa shape index (κ1) is 21.8. The average Bonchev–Trinajstić information content (AvgIpc) is 2.76. The lowest BCUT2D eigenvalue weighted by atomic mass is 10.1. The SMILES string of the molecule is CCC(=NNC(=O)c1ccccc1Cl)c1c(O)n(-c2ccc(OC)cc2)c(=O)[nH]c1=O. The van der Waals surface area contributed by atoms with Crippen molar-refractivity contribution in [2.75, 3.05) is 7.11 Å². The van der Waals surface area contributed by atoms with Crippen LogP contribution in [-0.4, -0.2) is 33.4 Å². The Hall–Kier alpha value is -3.85. The molecule has 0 saturated carbocycles. The lowest BCUT2D eigenvalue weighted by Gasteiger charge is -2.13. The maximum absolute atomic E-state index is 12.5. The van der Waals surface area contributed by atoms with Crippen molar-refractivity contribution in [1.29, 1.82) is 0 Å². The summed E-state index contributed by atoms with van der Waals surface area (Å²) in [5.74, 6) is -0.638. The van der Waals surface area contributed by atoms with Crippen molar-refractivity contribution in [3.63, 3.8) is 0 Å². The summed E-state index contributed by atoms with van der Waals surface area (Å²) in [4.78, 5) is 39.3. The highest BCUT2D eigenvalue weighted by Gasteiger charge is 2.20. The summed E-state index contributed by atoms with van der Waals surface area (Å²) in [6.45, 7) is 1.68. The Kier molecular flexibility index (Phi) is 6.56. The molecule has 0 aliphatic rings. The number of hydrogen-bond donors (Lipinski definition) is 3. The first-order valence-electron chi connectivity index (χ1n) is 9.21. The molecular formula is C21H19ClN4O5. The van der Waals surface area contributed by atoms with Gasteiger partial charge in [-0.2, -0.15) is 5.10 Å². The highest BCUT2D eigenvalue weighted by molar-refractivity contribution is 6.33. The fourth-order valence-electron chi connectivity index (χ4n) is 2.89. The molecule has 0 unspecified atom stereocenters. The lowest BCUT2D eigenvalue weighted by molar-refractivity contribution is 0.0955. The molecule has 1 heterocycles. The van der Waals surface area contributed by atoms with Gasteiger partial charge in [-0.05, 0) is 42.8 Å². The monoisotopic (exact) mass is 442 g/mol. The van der Waals surface area contributed by atoms with Gasteiger partial charge in [-0.25, -0.2) is 14.8 Å². The van der Waals surface area contributed by atoms with Gasteiger partial charge in [0.2, 0.25) is 5.88 Å². The van der Waals surface area contributed by atoms with Crippen molar-refractivity contribution >= 4 is 23.2 Å². The Balaban J connectivity index is 2.04. The van der Waals surface area contributed by atoms with Crippen LogP contribution in [0.4, 0.5) is 0 Å². The number of methoxy groups -OCH3 is 1. The van der Waals surface area contributed by atoms with E-state index in [-0.39, 0.29) is 28.3 Å². The fraction of sp³-hybridized carbons (Fsp3) is 0.143. The first-order valence-corrected chi connectivity index (χ1v) is 9.59. The van der Waals surface area contributed by atoms with Crippen molar-refractivity contribution < 1.29 is 14.6 Å². The summed E-state index contributed by atoms with van der Waals surface area (Å²) < 4.78 is 6.01. The number of nitrogens with zero attached hydrogens (tertiary/aromatic N) is 2. The maximum atomic E-state index is 12.5. The number of aromatic nitrogens is 2. The van der Waals surface area contributed by atoms with Gasteiger partial charge in [0.15, 0.2) is 0 Å². The van der Waals surface area contributed by atoms with Gasteiger partial charge in [0.1, 0.15) is 11.3 Å². The van der Waals surface area contributed by atoms with Crippen LogP contribution in [0.3, 0.4) is 0 Å². The molecule has 1 aromatic heterocycles. The summed E-state index contributed by atoms with van der Waals surface area (Å²) >= 11 is 6.01. The molecule has 3 aromatic rings. The first-order chi connectivity index (χ1) is 14.9. The highest BCUT2D eigenvalue weighted by Crippen LogP contribution is 2.20. The molecule has 2 aromatic carbocycles. The zero-order valence-corrected chi connectivity index (χ0v) is 17.4. The average molecular weight is 443 g/mol. The second-order valence-corrected chi connectivity index (χ2v) is 6.73. The second kappa shape index (κ2) is 9.31. The molecular weight excluding hydrogens is 424 g/mol. The van der Waals surface area contributed by atoms with Gasteiger partial charge in [-0.15, -0.1) is 0 Å². The van der Waals surface area contributed by atoms with Crippen LogP contribution in [0.1, 0.15) is 29.3 Å². The number of nitrogens with one attached hydrogen (secondary N) is 2. The summed E-state index contributed by atoms with van der Waals surface area (Å²) in [7, 11) is 1.50. The Labute approximate surface area is 181 Å². The quantitative estimate of drug-likeness (QED) is 0.399. The van der Waals surface area contributed by atoms with Crippen LogP contribution >= 0.6 is 11.6 Å². The number of H-pyrrole nitrogens is 1. The molecule has 0 bridgehead atoms. The van der Waals surface area contributed by atoms with E-state index in [4.69, 9.17) is 16.3 Å². The molecule has 9 nitrogen and oxygen atoms in total. The molecule has 160 valence electrons. The third-order valence-corrected chi connectivity index (χ3v) is 4.78. The Bertz CT molecular complexity index is 1260. The van der Waals surface area contributed by atoms with Crippen molar-refractivity contribution in [3.05, 3.63) is 85.5 Å². The molecule has 10 heteroatoms. The molecule has 0 spiro atoms. The van der Waals surface area contributed by atoms with E-state index in [1.54, 1.807) is 49.4 Å². The number of amides is 1. The van der Waals surface area contributed by atoms with Crippen LogP contribution in [0.5, 0.6) is 11.6 Å². The normalized spacial score (nSPS) is 11.3.